The van der Waals surface area contributed by atoms with Gasteiger partial charge in [-0.15, -0.1) is 0 Å². The third-order valence-corrected chi connectivity index (χ3v) is 3.81. The summed E-state index contributed by atoms with van der Waals surface area (Å²) in [5.41, 5.74) is 0.549. The molecule has 3 heterocycles. The number of fused-ring (bicyclic) bond motifs is 1. The molecule has 88 valence electrons. The van der Waals surface area contributed by atoms with Gasteiger partial charge in [-0.25, -0.2) is 9.97 Å². The van der Waals surface area contributed by atoms with Crippen molar-refractivity contribution in [1.29, 1.82) is 0 Å². The van der Waals surface area contributed by atoms with Gasteiger partial charge in [0.2, 0.25) is 5.91 Å². The Morgan fingerprint density at radius 2 is 2.29 bits per heavy atom. The van der Waals surface area contributed by atoms with Crippen LogP contribution in [0.3, 0.4) is 0 Å². The molecule has 1 aliphatic heterocycles. The third-order valence-electron chi connectivity index (χ3n) is 2.62. The Morgan fingerprint density at radius 3 is 3.00 bits per heavy atom. The van der Waals surface area contributed by atoms with Crippen LogP contribution in [0.25, 0.3) is 11.0 Å². The van der Waals surface area contributed by atoms with Crippen LogP contribution in [-0.4, -0.2) is 37.4 Å². The highest BCUT2D eigenvalue weighted by Crippen LogP contribution is 2.31. The Balaban J connectivity index is 2.17. The van der Waals surface area contributed by atoms with Crippen molar-refractivity contribution in [3.63, 3.8) is 0 Å². The molecule has 2 aromatic heterocycles. The maximum Gasteiger partial charge on any atom is 0.229 e. The first kappa shape index (κ1) is 11.1. The van der Waals surface area contributed by atoms with E-state index in [1.165, 1.54) is 6.33 Å². The zero-order valence-corrected chi connectivity index (χ0v) is 11.7. The van der Waals surface area contributed by atoms with Crippen LogP contribution in [0.4, 0.5) is 5.82 Å². The Kier molecular flexibility index (Phi) is 2.62. The second-order valence-electron chi connectivity index (χ2n) is 3.74. The van der Waals surface area contributed by atoms with E-state index in [1.54, 1.807) is 4.90 Å². The van der Waals surface area contributed by atoms with Crippen molar-refractivity contribution in [2.45, 2.75) is 11.2 Å². The molecule has 2 aromatic rings. The number of aromatic amines is 1. The van der Waals surface area contributed by atoms with E-state index in [4.69, 9.17) is 0 Å². The SMILES string of the molecule is O=C1CC(Br)CN1c1ncnc2n[nH]c(Br)c12. The van der Waals surface area contributed by atoms with Crippen LogP contribution in [0.5, 0.6) is 0 Å². The second kappa shape index (κ2) is 4.02. The number of carbonyl (C=O) groups excluding carboxylic acids is 1. The van der Waals surface area contributed by atoms with Gasteiger partial charge in [-0.3, -0.25) is 14.8 Å². The van der Waals surface area contributed by atoms with E-state index in [2.05, 4.69) is 52.0 Å². The second-order valence-corrected chi connectivity index (χ2v) is 5.83. The molecule has 1 amide bonds. The molecule has 17 heavy (non-hydrogen) atoms. The van der Waals surface area contributed by atoms with Gasteiger partial charge in [0.1, 0.15) is 10.9 Å². The van der Waals surface area contributed by atoms with E-state index in [1.807, 2.05) is 0 Å². The summed E-state index contributed by atoms with van der Waals surface area (Å²) in [6, 6.07) is 0. The normalized spacial score (nSPS) is 20.5. The Labute approximate surface area is 113 Å². The molecule has 3 rings (SSSR count). The summed E-state index contributed by atoms with van der Waals surface area (Å²) in [4.78, 5) is 21.9. The summed E-state index contributed by atoms with van der Waals surface area (Å²) in [7, 11) is 0. The fourth-order valence-corrected chi connectivity index (χ4v) is 2.89. The topological polar surface area (TPSA) is 74.8 Å². The van der Waals surface area contributed by atoms with Crippen molar-refractivity contribution in [2.24, 2.45) is 0 Å². The Morgan fingerprint density at radius 1 is 1.47 bits per heavy atom. The van der Waals surface area contributed by atoms with Crippen molar-refractivity contribution in [3.05, 3.63) is 10.9 Å². The number of H-pyrrole nitrogens is 1. The molecule has 0 saturated carbocycles. The smallest absolute Gasteiger partial charge is 0.229 e. The fourth-order valence-electron chi connectivity index (χ4n) is 1.88. The Hall–Kier alpha value is -1.02. The van der Waals surface area contributed by atoms with E-state index in [0.717, 1.165) is 5.39 Å². The molecule has 0 spiro atoms. The third kappa shape index (κ3) is 1.75. The summed E-state index contributed by atoms with van der Waals surface area (Å²) < 4.78 is 0.689. The number of hydrogen-bond donors (Lipinski definition) is 1. The molecule has 0 aliphatic carbocycles. The monoisotopic (exact) mass is 359 g/mol. The molecule has 0 radical (unpaired) electrons. The number of carbonyl (C=O) groups is 1. The average Bonchev–Trinajstić information content (AvgIpc) is 2.83. The summed E-state index contributed by atoms with van der Waals surface area (Å²) in [6.07, 6.45) is 1.90. The number of alkyl halides is 1. The van der Waals surface area contributed by atoms with E-state index in [-0.39, 0.29) is 10.7 Å². The highest BCUT2D eigenvalue weighted by atomic mass is 79.9. The highest BCUT2D eigenvalue weighted by molar-refractivity contribution is 9.10. The zero-order chi connectivity index (χ0) is 12.0. The lowest BCUT2D eigenvalue weighted by molar-refractivity contribution is -0.117. The maximum atomic E-state index is 11.9. The molecule has 0 bridgehead atoms. The summed E-state index contributed by atoms with van der Waals surface area (Å²) >= 11 is 6.80. The quantitative estimate of drug-likeness (QED) is 0.784. The first-order valence-electron chi connectivity index (χ1n) is 4.96. The van der Waals surface area contributed by atoms with Crippen molar-refractivity contribution in [1.82, 2.24) is 20.2 Å². The molecular weight excluding hydrogens is 354 g/mol. The largest absolute Gasteiger partial charge is 0.295 e. The van der Waals surface area contributed by atoms with Crippen LogP contribution >= 0.6 is 31.9 Å². The zero-order valence-electron chi connectivity index (χ0n) is 8.52. The van der Waals surface area contributed by atoms with Gasteiger partial charge < -0.3 is 0 Å². The van der Waals surface area contributed by atoms with Gasteiger partial charge in [-0.1, -0.05) is 15.9 Å². The van der Waals surface area contributed by atoms with Gasteiger partial charge in [0.05, 0.1) is 5.39 Å². The van der Waals surface area contributed by atoms with Gasteiger partial charge in [0.15, 0.2) is 11.5 Å². The first-order chi connectivity index (χ1) is 8.16. The summed E-state index contributed by atoms with van der Waals surface area (Å²) in [5.74, 6) is 0.655. The minimum atomic E-state index is 0.0555. The van der Waals surface area contributed by atoms with Crippen LogP contribution in [0.15, 0.2) is 10.9 Å². The number of nitrogens with one attached hydrogen (secondary N) is 1. The molecule has 1 unspecified atom stereocenters. The predicted octanol–water partition coefficient (Wildman–Crippen LogP) is 1.62. The summed E-state index contributed by atoms with van der Waals surface area (Å²) in [5, 5.41) is 7.54. The van der Waals surface area contributed by atoms with Crippen molar-refractivity contribution in [2.75, 3.05) is 11.4 Å². The van der Waals surface area contributed by atoms with Crippen LogP contribution in [-0.2, 0) is 4.79 Å². The van der Waals surface area contributed by atoms with Gasteiger partial charge >= 0.3 is 0 Å². The number of hydrogen-bond acceptors (Lipinski definition) is 4. The maximum absolute atomic E-state index is 11.9. The van der Waals surface area contributed by atoms with Crippen molar-refractivity contribution in [3.8, 4) is 0 Å². The fraction of sp³-hybridized carbons (Fsp3) is 0.333. The van der Waals surface area contributed by atoms with Gasteiger partial charge in [-0.2, -0.15) is 5.10 Å². The lowest BCUT2D eigenvalue weighted by Crippen LogP contribution is -2.25. The van der Waals surface area contributed by atoms with E-state index >= 15 is 0 Å². The van der Waals surface area contributed by atoms with Crippen molar-refractivity contribution < 1.29 is 4.79 Å². The van der Waals surface area contributed by atoms with E-state index in [9.17, 15) is 4.79 Å². The van der Waals surface area contributed by atoms with Crippen molar-refractivity contribution >= 4 is 54.6 Å². The van der Waals surface area contributed by atoms with Crippen LogP contribution in [0.2, 0.25) is 0 Å². The number of anilines is 1. The average molecular weight is 361 g/mol. The predicted molar refractivity (Wildman–Crippen MR) is 69.1 cm³/mol. The summed E-state index contributed by atoms with van der Waals surface area (Å²) in [6.45, 7) is 0.614. The standard InChI is InChI=1S/C9H7Br2N5O/c10-4-1-5(17)16(2-4)9-6-7(11)14-15-8(6)12-3-13-9/h3-4H,1-2H2,(H,12,13,14,15). The van der Waals surface area contributed by atoms with Crippen LogP contribution < -0.4 is 4.90 Å². The molecular formula is C9H7Br2N5O. The molecule has 1 fully saturated rings. The van der Waals surface area contributed by atoms with E-state index < -0.39 is 0 Å². The molecule has 8 heteroatoms. The van der Waals surface area contributed by atoms with Gasteiger partial charge in [0.25, 0.3) is 0 Å². The highest BCUT2D eigenvalue weighted by Gasteiger charge is 2.31. The van der Waals surface area contributed by atoms with Gasteiger partial charge in [-0.05, 0) is 15.9 Å². The minimum absolute atomic E-state index is 0.0555. The number of halogens is 2. The molecule has 1 aliphatic rings. The van der Waals surface area contributed by atoms with E-state index in [0.29, 0.717) is 29.0 Å². The van der Waals surface area contributed by atoms with Crippen LogP contribution in [0.1, 0.15) is 6.42 Å². The lowest BCUT2D eigenvalue weighted by Gasteiger charge is -2.14. The molecule has 0 aromatic carbocycles. The molecule has 1 N–H and O–H groups in total. The molecule has 6 nitrogen and oxygen atoms in total. The number of rotatable bonds is 1. The molecule has 1 saturated heterocycles. The van der Waals surface area contributed by atoms with Gasteiger partial charge in [0, 0.05) is 17.8 Å². The Bertz CT molecular complexity index is 598. The number of aromatic nitrogens is 4. The number of amides is 1. The number of nitrogens with zero attached hydrogens (tertiary/aromatic N) is 4. The molecule has 1 atom stereocenters. The lowest BCUT2D eigenvalue weighted by atomic mass is 10.3. The first-order valence-corrected chi connectivity index (χ1v) is 6.66. The minimum Gasteiger partial charge on any atom is -0.295 e. The van der Waals surface area contributed by atoms with Crippen LogP contribution in [0, 0.1) is 0 Å².